The number of aliphatic hydroxyl groups excluding tert-OH is 1. The summed E-state index contributed by atoms with van der Waals surface area (Å²) in [5.74, 6) is 0.427. The Morgan fingerprint density at radius 2 is 2.17 bits per heavy atom. The Balaban J connectivity index is 2.32. The van der Waals surface area contributed by atoms with Crippen molar-refractivity contribution in [3.8, 4) is 11.3 Å². The van der Waals surface area contributed by atoms with E-state index in [9.17, 15) is 5.11 Å². The Kier molecular flexibility index (Phi) is 6.41. The molecule has 1 heterocycles. The van der Waals surface area contributed by atoms with Gasteiger partial charge in [-0.25, -0.2) is 9.97 Å². The summed E-state index contributed by atoms with van der Waals surface area (Å²) in [5, 5.41) is 12.2. The minimum atomic E-state index is 0.0774. The van der Waals surface area contributed by atoms with Gasteiger partial charge in [-0.1, -0.05) is 12.1 Å². The minimum absolute atomic E-state index is 0.0774. The molecule has 1 aromatic carbocycles. The lowest BCUT2D eigenvalue weighted by Crippen LogP contribution is -2.07. The predicted octanol–water partition coefficient (Wildman–Crippen LogP) is 1.05. The molecule has 6 N–H and O–H groups in total. The van der Waals surface area contributed by atoms with Gasteiger partial charge < -0.3 is 21.9 Å². The second-order valence-corrected chi connectivity index (χ2v) is 5.06. The summed E-state index contributed by atoms with van der Waals surface area (Å²) >= 11 is 0. The molecule has 0 amide bonds. The van der Waals surface area contributed by atoms with Crippen LogP contribution in [0, 0.1) is 0 Å². The van der Waals surface area contributed by atoms with E-state index in [1.165, 1.54) is 6.20 Å². The van der Waals surface area contributed by atoms with Crippen molar-refractivity contribution in [1.29, 1.82) is 0 Å². The maximum absolute atomic E-state index is 9.22. The Bertz CT molecular complexity index is 742. The predicted molar refractivity (Wildman–Crippen MR) is 96.5 cm³/mol. The lowest BCUT2D eigenvalue weighted by Gasteiger charge is -2.10. The molecule has 0 aliphatic rings. The number of hydrogen-bond acceptors (Lipinski definition) is 7. The zero-order valence-corrected chi connectivity index (χ0v) is 13.6. The number of anilines is 1. The molecule has 1 aromatic heterocycles. The molecule has 0 aliphatic carbocycles. The summed E-state index contributed by atoms with van der Waals surface area (Å²) in [7, 11) is 1.66. The molecule has 7 heteroatoms. The van der Waals surface area contributed by atoms with E-state index in [4.69, 9.17) is 11.5 Å². The van der Waals surface area contributed by atoms with Crippen LogP contribution in [0.4, 0.5) is 5.95 Å². The van der Waals surface area contributed by atoms with Crippen LogP contribution in [-0.2, 0) is 13.0 Å². The monoisotopic (exact) mass is 326 g/mol. The number of hydrogen-bond donors (Lipinski definition) is 4. The number of nitrogens with one attached hydrogen (secondary N) is 1. The molecule has 0 fully saturated rings. The van der Waals surface area contributed by atoms with Crippen LogP contribution in [0.2, 0.25) is 0 Å². The average molecular weight is 326 g/mol. The SMILES string of the molecule is CN=CC(=CN)Nc1nccc(-c2ccc(CN)c(CCO)c2)n1. The van der Waals surface area contributed by atoms with E-state index in [0.29, 0.717) is 24.6 Å². The zero-order chi connectivity index (χ0) is 17.4. The lowest BCUT2D eigenvalue weighted by atomic mass is 10.00. The van der Waals surface area contributed by atoms with Crippen molar-refractivity contribution in [1.82, 2.24) is 9.97 Å². The number of allylic oxidation sites excluding steroid dienone is 1. The number of aliphatic hydroxyl groups is 1. The fourth-order valence-electron chi connectivity index (χ4n) is 2.30. The fourth-order valence-corrected chi connectivity index (χ4v) is 2.30. The first-order valence-electron chi connectivity index (χ1n) is 7.59. The van der Waals surface area contributed by atoms with Gasteiger partial charge in [-0.05, 0) is 29.7 Å². The molecule has 0 bridgehead atoms. The third-order valence-corrected chi connectivity index (χ3v) is 3.46. The molecule has 24 heavy (non-hydrogen) atoms. The van der Waals surface area contributed by atoms with Crippen molar-refractivity contribution in [3.05, 3.63) is 53.5 Å². The van der Waals surface area contributed by atoms with E-state index in [0.717, 1.165) is 22.4 Å². The van der Waals surface area contributed by atoms with E-state index in [-0.39, 0.29) is 6.61 Å². The number of aromatic nitrogens is 2. The van der Waals surface area contributed by atoms with Crippen molar-refractivity contribution in [2.45, 2.75) is 13.0 Å². The first kappa shape index (κ1) is 17.6. The van der Waals surface area contributed by atoms with Gasteiger partial charge >= 0.3 is 0 Å². The Hall–Kier alpha value is -2.77. The van der Waals surface area contributed by atoms with Crippen LogP contribution in [0.1, 0.15) is 11.1 Å². The van der Waals surface area contributed by atoms with Crippen LogP contribution in [0.3, 0.4) is 0 Å². The third-order valence-electron chi connectivity index (χ3n) is 3.46. The first-order chi connectivity index (χ1) is 11.7. The van der Waals surface area contributed by atoms with E-state index in [2.05, 4.69) is 20.3 Å². The van der Waals surface area contributed by atoms with Gasteiger partial charge in [-0.15, -0.1) is 0 Å². The van der Waals surface area contributed by atoms with E-state index in [1.807, 2.05) is 24.3 Å². The van der Waals surface area contributed by atoms with Crippen molar-refractivity contribution >= 4 is 12.2 Å². The second kappa shape index (κ2) is 8.76. The minimum Gasteiger partial charge on any atom is -0.403 e. The summed E-state index contributed by atoms with van der Waals surface area (Å²) in [6, 6.07) is 7.75. The summed E-state index contributed by atoms with van der Waals surface area (Å²) < 4.78 is 0. The molecule has 2 aromatic rings. The Morgan fingerprint density at radius 3 is 2.83 bits per heavy atom. The van der Waals surface area contributed by atoms with Crippen molar-refractivity contribution in [2.24, 2.45) is 16.5 Å². The topological polar surface area (TPSA) is 122 Å². The quantitative estimate of drug-likeness (QED) is 0.564. The highest BCUT2D eigenvalue weighted by Crippen LogP contribution is 2.22. The van der Waals surface area contributed by atoms with Crippen molar-refractivity contribution < 1.29 is 5.11 Å². The zero-order valence-electron chi connectivity index (χ0n) is 13.6. The van der Waals surface area contributed by atoms with Gasteiger partial charge in [0.15, 0.2) is 0 Å². The highest BCUT2D eigenvalue weighted by atomic mass is 16.2. The molecule has 0 unspecified atom stereocenters. The summed E-state index contributed by atoms with van der Waals surface area (Å²) in [6.07, 6.45) is 5.22. The van der Waals surface area contributed by atoms with Crippen LogP contribution >= 0.6 is 0 Å². The van der Waals surface area contributed by atoms with Gasteiger partial charge in [0, 0.05) is 44.4 Å². The third kappa shape index (κ3) is 4.37. The van der Waals surface area contributed by atoms with E-state index in [1.54, 1.807) is 19.5 Å². The smallest absolute Gasteiger partial charge is 0.227 e. The maximum Gasteiger partial charge on any atom is 0.227 e. The van der Waals surface area contributed by atoms with Crippen LogP contribution in [0.25, 0.3) is 11.3 Å². The second-order valence-electron chi connectivity index (χ2n) is 5.06. The Morgan fingerprint density at radius 1 is 1.33 bits per heavy atom. The molecule has 2 rings (SSSR count). The van der Waals surface area contributed by atoms with Crippen molar-refractivity contribution in [3.63, 3.8) is 0 Å². The largest absolute Gasteiger partial charge is 0.403 e. The molecule has 0 saturated heterocycles. The summed E-state index contributed by atoms with van der Waals surface area (Å²) in [4.78, 5) is 12.6. The van der Waals surface area contributed by atoms with Crippen LogP contribution in [0.15, 0.2) is 47.4 Å². The normalized spacial score (nSPS) is 11.9. The molecular weight excluding hydrogens is 304 g/mol. The number of rotatable bonds is 7. The van der Waals surface area contributed by atoms with Gasteiger partial charge in [0.05, 0.1) is 11.4 Å². The molecule has 0 saturated carbocycles. The fraction of sp³-hybridized carbons (Fsp3) is 0.235. The van der Waals surface area contributed by atoms with Gasteiger partial charge in [-0.3, -0.25) is 4.99 Å². The molecule has 0 aliphatic heterocycles. The standard InChI is InChI=1S/C17H22N6O/c1-20-11-15(10-19)22-17-21-6-4-16(23-17)13-2-3-14(9-18)12(8-13)5-7-24/h2-4,6,8,10-11,24H,5,7,9,18-19H2,1H3,(H,21,22,23). The number of aliphatic imine (C=N–C) groups is 1. The highest BCUT2D eigenvalue weighted by Gasteiger charge is 2.07. The molecular formula is C17H22N6O. The summed E-state index contributed by atoms with van der Waals surface area (Å²) in [6.45, 7) is 0.515. The van der Waals surface area contributed by atoms with E-state index < -0.39 is 0 Å². The molecule has 0 radical (unpaired) electrons. The van der Waals surface area contributed by atoms with Gasteiger partial charge in [0.2, 0.25) is 5.95 Å². The molecule has 0 spiro atoms. The van der Waals surface area contributed by atoms with E-state index >= 15 is 0 Å². The van der Waals surface area contributed by atoms with Crippen molar-refractivity contribution in [2.75, 3.05) is 19.0 Å². The lowest BCUT2D eigenvalue weighted by molar-refractivity contribution is 0.299. The van der Waals surface area contributed by atoms with Crippen LogP contribution in [0.5, 0.6) is 0 Å². The average Bonchev–Trinajstić information content (AvgIpc) is 2.62. The molecule has 0 atom stereocenters. The number of benzene rings is 1. The van der Waals surface area contributed by atoms with Gasteiger partial charge in [-0.2, -0.15) is 0 Å². The Labute approximate surface area is 141 Å². The van der Waals surface area contributed by atoms with Crippen LogP contribution < -0.4 is 16.8 Å². The van der Waals surface area contributed by atoms with Gasteiger partial charge in [0.25, 0.3) is 0 Å². The summed E-state index contributed by atoms with van der Waals surface area (Å²) in [5.41, 5.74) is 15.6. The number of nitrogens with two attached hydrogens (primary N) is 2. The van der Waals surface area contributed by atoms with Crippen LogP contribution in [-0.4, -0.2) is 34.9 Å². The molecule has 7 nitrogen and oxygen atoms in total. The van der Waals surface area contributed by atoms with Gasteiger partial charge in [0.1, 0.15) is 0 Å². The highest BCUT2D eigenvalue weighted by molar-refractivity contribution is 5.82. The first-order valence-corrected chi connectivity index (χ1v) is 7.59. The maximum atomic E-state index is 9.22. The molecule has 126 valence electrons. The number of nitrogens with zero attached hydrogens (tertiary/aromatic N) is 3.